The monoisotopic (exact) mass is 508 g/mol. The smallest absolute Gasteiger partial charge is 0.416 e. The Morgan fingerprint density at radius 2 is 1.54 bits per heavy atom. The minimum Gasteiger partial charge on any atom is -0.497 e. The first-order chi connectivity index (χ1) is 17.7. The van der Waals surface area contributed by atoms with Crippen molar-refractivity contribution in [2.24, 2.45) is 5.16 Å². The van der Waals surface area contributed by atoms with E-state index in [4.69, 9.17) is 14.3 Å². The number of hydrogen-bond donors (Lipinski definition) is 0. The van der Waals surface area contributed by atoms with Gasteiger partial charge in [0.05, 0.1) is 31.2 Å². The summed E-state index contributed by atoms with van der Waals surface area (Å²) in [6.45, 7) is 3.70. The van der Waals surface area contributed by atoms with E-state index in [1.165, 1.54) is 6.07 Å². The lowest BCUT2D eigenvalue weighted by Gasteiger charge is -2.14. The van der Waals surface area contributed by atoms with Crippen LogP contribution in [-0.4, -0.2) is 24.5 Å². The largest absolute Gasteiger partial charge is 0.497 e. The number of oxime groups is 1. The fourth-order valence-corrected chi connectivity index (χ4v) is 4.14. The summed E-state index contributed by atoms with van der Waals surface area (Å²) in [7, 11) is 3.24. The molecule has 0 amide bonds. The van der Waals surface area contributed by atoms with Crippen LogP contribution in [0.2, 0.25) is 0 Å². The van der Waals surface area contributed by atoms with E-state index in [1.54, 1.807) is 27.2 Å². The number of halogens is 3. The number of benzene rings is 3. The topological polar surface area (TPSA) is 45.0 Å². The van der Waals surface area contributed by atoms with E-state index in [-0.39, 0.29) is 6.61 Å². The van der Waals surface area contributed by atoms with Gasteiger partial charge in [0, 0.05) is 28.6 Å². The standard InChI is InChI=1S/C29H27F3N2O3/c1-19(33-37-18-21-8-5-10-23(14-21)29(30,31)32)27-17-28(22-9-6-12-25(15-22)35-3)34(20(27)2)24-11-7-13-26(16-24)36-4/h5-17H,18H2,1-4H3/b33-19-. The highest BCUT2D eigenvalue weighted by Gasteiger charge is 2.30. The Hall–Kier alpha value is -4.20. The number of rotatable bonds is 8. The van der Waals surface area contributed by atoms with Gasteiger partial charge in [-0.3, -0.25) is 0 Å². The molecule has 0 atom stereocenters. The molecule has 0 saturated heterocycles. The van der Waals surface area contributed by atoms with Crippen molar-refractivity contribution in [2.75, 3.05) is 14.2 Å². The van der Waals surface area contributed by atoms with Gasteiger partial charge in [0.15, 0.2) is 0 Å². The molecule has 0 spiro atoms. The molecule has 1 aromatic heterocycles. The van der Waals surface area contributed by atoms with Crippen LogP contribution in [0.4, 0.5) is 13.2 Å². The van der Waals surface area contributed by atoms with Crippen molar-refractivity contribution < 1.29 is 27.5 Å². The predicted octanol–water partition coefficient (Wildman–Crippen LogP) is 7.43. The molecule has 0 saturated carbocycles. The Morgan fingerprint density at radius 3 is 2.24 bits per heavy atom. The minimum absolute atomic E-state index is 0.0837. The maximum Gasteiger partial charge on any atom is 0.416 e. The van der Waals surface area contributed by atoms with E-state index >= 15 is 0 Å². The molecule has 0 radical (unpaired) electrons. The van der Waals surface area contributed by atoms with Gasteiger partial charge < -0.3 is 18.9 Å². The number of hydrogen-bond acceptors (Lipinski definition) is 4. The zero-order chi connectivity index (χ0) is 26.6. The lowest BCUT2D eigenvalue weighted by Crippen LogP contribution is -2.05. The SMILES string of the molecule is COc1cccc(-c2cc(/C(C)=N\OCc3cccc(C(F)(F)F)c3)c(C)n2-c2cccc(OC)c2)c1. The Balaban J connectivity index is 1.70. The summed E-state index contributed by atoms with van der Waals surface area (Å²) in [4.78, 5) is 5.46. The summed E-state index contributed by atoms with van der Waals surface area (Å²) in [5.41, 5.74) is 4.76. The summed E-state index contributed by atoms with van der Waals surface area (Å²) in [5.74, 6) is 1.45. The molecule has 1 heterocycles. The molecule has 0 unspecified atom stereocenters. The number of ether oxygens (including phenoxy) is 2. The maximum atomic E-state index is 13.0. The van der Waals surface area contributed by atoms with E-state index in [0.717, 1.165) is 51.8 Å². The predicted molar refractivity (Wildman–Crippen MR) is 137 cm³/mol. The van der Waals surface area contributed by atoms with Crippen LogP contribution in [-0.2, 0) is 17.6 Å². The summed E-state index contributed by atoms with van der Waals surface area (Å²) in [6, 6.07) is 22.5. The molecule has 4 rings (SSSR count). The molecule has 0 fully saturated rings. The van der Waals surface area contributed by atoms with Crippen LogP contribution in [0.5, 0.6) is 11.5 Å². The average molecular weight is 509 g/mol. The zero-order valence-electron chi connectivity index (χ0n) is 21.0. The van der Waals surface area contributed by atoms with E-state index in [0.29, 0.717) is 11.3 Å². The Labute approximate surface area is 213 Å². The molecule has 3 aromatic carbocycles. The minimum atomic E-state index is -4.41. The molecule has 37 heavy (non-hydrogen) atoms. The molecule has 0 N–H and O–H groups in total. The third-order valence-electron chi connectivity index (χ3n) is 6.00. The maximum absolute atomic E-state index is 13.0. The highest BCUT2D eigenvalue weighted by atomic mass is 19.4. The molecule has 0 aliphatic rings. The van der Waals surface area contributed by atoms with Gasteiger partial charge >= 0.3 is 6.18 Å². The van der Waals surface area contributed by atoms with Crippen molar-refractivity contribution in [1.82, 2.24) is 4.57 Å². The van der Waals surface area contributed by atoms with E-state index in [9.17, 15) is 13.2 Å². The summed E-state index contributed by atoms with van der Waals surface area (Å²) >= 11 is 0. The highest BCUT2D eigenvalue weighted by Crippen LogP contribution is 2.33. The molecule has 0 bridgehead atoms. The second-order valence-corrected chi connectivity index (χ2v) is 8.45. The number of alkyl halides is 3. The summed E-state index contributed by atoms with van der Waals surface area (Å²) in [6.07, 6.45) is -4.41. The van der Waals surface area contributed by atoms with Crippen LogP contribution in [0.15, 0.2) is 84.0 Å². The van der Waals surface area contributed by atoms with Crippen molar-refractivity contribution in [3.63, 3.8) is 0 Å². The number of methoxy groups -OCH3 is 2. The zero-order valence-corrected chi connectivity index (χ0v) is 21.0. The summed E-state index contributed by atoms with van der Waals surface area (Å²) in [5, 5.41) is 4.22. The van der Waals surface area contributed by atoms with Crippen molar-refractivity contribution in [3.8, 4) is 28.4 Å². The molecular formula is C29H27F3N2O3. The van der Waals surface area contributed by atoms with Crippen LogP contribution in [0.3, 0.4) is 0 Å². The van der Waals surface area contributed by atoms with Gasteiger partial charge in [0.1, 0.15) is 18.1 Å². The fraction of sp³-hybridized carbons (Fsp3) is 0.207. The van der Waals surface area contributed by atoms with Gasteiger partial charge in [-0.1, -0.05) is 35.5 Å². The van der Waals surface area contributed by atoms with E-state index in [2.05, 4.69) is 9.72 Å². The normalized spacial score (nSPS) is 11.9. The fourth-order valence-electron chi connectivity index (χ4n) is 4.14. The molecule has 5 nitrogen and oxygen atoms in total. The molecule has 4 aromatic rings. The number of nitrogens with zero attached hydrogens (tertiary/aromatic N) is 2. The number of aromatic nitrogens is 1. The van der Waals surface area contributed by atoms with Crippen LogP contribution >= 0.6 is 0 Å². The van der Waals surface area contributed by atoms with E-state index in [1.807, 2.05) is 61.5 Å². The first-order valence-corrected chi connectivity index (χ1v) is 11.6. The molecule has 8 heteroatoms. The van der Waals surface area contributed by atoms with Gasteiger partial charge in [0.25, 0.3) is 0 Å². The van der Waals surface area contributed by atoms with E-state index < -0.39 is 11.7 Å². The van der Waals surface area contributed by atoms with Crippen LogP contribution in [0.25, 0.3) is 16.9 Å². The van der Waals surface area contributed by atoms with Crippen molar-refractivity contribution in [2.45, 2.75) is 26.6 Å². The third-order valence-corrected chi connectivity index (χ3v) is 6.00. The van der Waals surface area contributed by atoms with Gasteiger partial charge in [-0.05, 0) is 61.9 Å². The van der Waals surface area contributed by atoms with Gasteiger partial charge in [0.2, 0.25) is 0 Å². The van der Waals surface area contributed by atoms with Gasteiger partial charge in [-0.25, -0.2) is 0 Å². The van der Waals surface area contributed by atoms with Crippen LogP contribution in [0, 0.1) is 6.92 Å². The molecular weight excluding hydrogens is 481 g/mol. The second-order valence-electron chi connectivity index (χ2n) is 8.45. The van der Waals surface area contributed by atoms with Crippen molar-refractivity contribution in [1.29, 1.82) is 0 Å². The molecule has 0 aliphatic heterocycles. The highest BCUT2D eigenvalue weighted by molar-refractivity contribution is 6.01. The second kappa shape index (κ2) is 10.8. The Kier molecular flexibility index (Phi) is 7.57. The van der Waals surface area contributed by atoms with Crippen molar-refractivity contribution in [3.05, 3.63) is 101 Å². The molecule has 192 valence electrons. The Morgan fingerprint density at radius 1 is 0.865 bits per heavy atom. The third kappa shape index (κ3) is 5.80. The first kappa shape index (κ1) is 25.9. The quantitative estimate of drug-likeness (QED) is 0.184. The Bertz CT molecular complexity index is 1420. The van der Waals surface area contributed by atoms with Gasteiger partial charge in [-0.15, -0.1) is 0 Å². The van der Waals surface area contributed by atoms with Crippen molar-refractivity contribution >= 4 is 5.71 Å². The summed E-state index contributed by atoms with van der Waals surface area (Å²) < 4.78 is 52.0. The van der Waals surface area contributed by atoms with Gasteiger partial charge in [-0.2, -0.15) is 13.2 Å². The van der Waals surface area contributed by atoms with Crippen LogP contribution < -0.4 is 9.47 Å². The lowest BCUT2D eigenvalue weighted by atomic mass is 10.1. The van der Waals surface area contributed by atoms with Crippen LogP contribution in [0.1, 0.15) is 29.3 Å². The molecule has 0 aliphatic carbocycles. The lowest BCUT2D eigenvalue weighted by molar-refractivity contribution is -0.137. The first-order valence-electron chi connectivity index (χ1n) is 11.6. The average Bonchev–Trinajstić information content (AvgIpc) is 3.25.